The van der Waals surface area contributed by atoms with Crippen LogP contribution < -0.4 is 15.8 Å². The Hall–Kier alpha value is -2.88. The third-order valence-electron chi connectivity index (χ3n) is 5.77. The fourth-order valence-electron chi connectivity index (χ4n) is 3.80. The number of benzene rings is 1. The molecule has 31 heavy (non-hydrogen) atoms. The van der Waals surface area contributed by atoms with Crippen molar-refractivity contribution in [3.8, 4) is 0 Å². The number of nitrogens with one attached hydrogen (secondary N) is 1. The molecule has 1 N–H and O–H groups in total. The fourth-order valence-corrected chi connectivity index (χ4v) is 4.82. The lowest BCUT2D eigenvalue weighted by Crippen LogP contribution is -2.41. The Morgan fingerprint density at radius 2 is 1.94 bits per heavy atom. The maximum absolute atomic E-state index is 13.5. The van der Waals surface area contributed by atoms with E-state index in [1.54, 1.807) is 0 Å². The van der Waals surface area contributed by atoms with Gasteiger partial charge >= 0.3 is 0 Å². The van der Waals surface area contributed by atoms with Crippen LogP contribution in [0.25, 0.3) is 10.3 Å². The zero-order chi connectivity index (χ0) is 21.5. The molecule has 3 heterocycles. The minimum Gasteiger partial charge on any atom is -0.353 e. The van der Waals surface area contributed by atoms with E-state index in [0.717, 1.165) is 37.8 Å². The van der Waals surface area contributed by atoms with Gasteiger partial charge in [0.2, 0.25) is 5.91 Å². The van der Waals surface area contributed by atoms with E-state index in [4.69, 9.17) is 0 Å². The zero-order valence-electron chi connectivity index (χ0n) is 16.7. The average Bonchev–Trinajstić information content (AvgIpc) is 3.47. The summed E-state index contributed by atoms with van der Waals surface area (Å²) in [6.45, 7) is 1.49. The molecule has 1 aromatic carbocycles. The van der Waals surface area contributed by atoms with E-state index in [1.165, 1.54) is 28.3 Å². The largest absolute Gasteiger partial charge is 0.353 e. The summed E-state index contributed by atoms with van der Waals surface area (Å²) in [5, 5.41) is 3.79. The Balaban J connectivity index is 1.31. The number of anilines is 1. The predicted molar refractivity (Wildman–Crippen MR) is 113 cm³/mol. The van der Waals surface area contributed by atoms with Gasteiger partial charge in [-0.3, -0.25) is 14.2 Å². The molecule has 0 spiro atoms. The van der Waals surface area contributed by atoms with Crippen LogP contribution in [0.15, 0.2) is 29.3 Å². The summed E-state index contributed by atoms with van der Waals surface area (Å²) in [6.07, 6.45) is 5.04. The lowest BCUT2D eigenvalue weighted by molar-refractivity contribution is -0.125. The quantitative estimate of drug-likeness (QED) is 0.653. The molecule has 5 rings (SSSR count). The van der Waals surface area contributed by atoms with Gasteiger partial charge in [-0.1, -0.05) is 17.4 Å². The Morgan fingerprint density at radius 3 is 2.65 bits per heavy atom. The lowest BCUT2D eigenvalue weighted by atomic mass is 9.96. The highest BCUT2D eigenvalue weighted by molar-refractivity contribution is 7.22. The Morgan fingerprint density at radius 1 is 1.16 bits per heavy atom. The Kier molecular flexibility index (Phi) is 5.17. The first-order valence-corrected chi connectivity index (χ1v) is 11.1. The molecular weight excluding hydrogens is 424 g/mol. The average molecular weight is 445 g/mol. The maximum atomic E-state index is 13.5. The Bertz CT molecular complexity index is 1200. The lowest BCUT2D eigenvalue weighted by Gasteiger charge is -2.30. The molecular formula is C21H21F2N5O2S. The molecule has 1 amide bonds. The summed E-state index contributed by atoms with van der Waals surface area (Å²) < 4.78 is 28.4. The number of amides is 1. The molecule has 0 atom stereocenters. The molecule has 1 saturated heterocycles. The topological polar surface area (TPSA) is 80.1 Å². The SMILES string of the molecule is O=C(NC1CC1)C1CCN(c2nc3ncn(Cc4ccc(F)c(F)c4)c(=O)c3s2)CC1. The summed E-state index contributed by atoms with van der Waals surface area (Å²) in [5.41, 5.74) is 0.579. The van der Waals surface area contributed by atoms with Gasteiger partial charge in [-0.25, -0.2) is 13.8 Å². The number of nitrogens with zero attached hydrogens (tertiary/aromatic N) is 4. The number of hydrogen-bond donors (Lipinski definition) is 1. The molecule has 10 heteroatoms. The van der Waals surface area contributed by atoms with E-state index in [0.29, 0.717) is 40.2 Å². The number of carbonyl (C=O) groups is 1. The highest BCUT2D eigenvalue weighted by Crippen LogP contribution is 2.30. The number of aromatic nitrogens is 3. The Labute approximate surface area is 180 Å². The second-order valence-corrected chi connectivity index (χ2v) is 9.10. The van der Waals surface area contributed by atoms with Crippen molar-refractivity contribution in [2.75, 3.05) is 18.0 Å². The van der Waals surface area contributed by atoms with Gasteiger partial charge in [0.25, 0.3) is 5.56 Å². The van der Waals surface area contributed by atoms with Crippen molar-refractivity contribution < 1.29 is 13.6 Å². The first-order valence-electron chi connectivity index (χ1n) is 10.3. The molecule has 1 saturated carbocycles. The normalized spacial score (nSPS) is 17.3. The molecule has 7 nitrogen and oxygen atoms in total. The predicted octanol–water partition coefficient (Wildman–Crippen LogP) is 2.67. The molecule has 162 valence electrons. The van der Waals surface area contributed by atoms with Crippen molar-refractivity contribution in [2.24, 2.45) is 5.92 Å². The van der Waals surface area contributed by atoms with Gasteiger partial charge in [0.05, 0.1) is 6.54 Å². The van der Waals surface area contributed by atoms with Gasteiger partial charge in [0.1, 0.15) is 11.0 Å². The fraction of sp³-hybridized carbons (Fsp3) is 0.429. The van der Waals surface area contributed by atoms with Crippen LogP contribution in [0.2, 0.25) is 0 Å². The van der Waals surface area contributed by atoms with Gasteiger partial charge < -0.3 is 10.2 Å². The monoisotopic (exact) mass is 445 g/mol. The maximum Gasteiger partial charge on any atom is 0.273 e. The highest BCUT2D eigenvalue weighted by Gasteiger charge is 2.30. The summed E-state index contributed by atoms with van der Waals surface area (Å²) in [5.74, 6) is -1.70. The number of thiazole rings is 1. The molecule has 2 fully saturated rings. The number of hydrogen-bond acceptors (Lipinski definition) is 6. The summed E-state index contributed by atoms with van der Waals surface area (Å²) >= 11 is 1.28. The molecule has 0 bridgehead atoms. The van der Waals surface area contributed by atoms with Gasteiger partial charge in [-0.15, -0.1) is 0 Å². The summed E-state index contributed by atoms with van der Waals surface area (Å²) in [4.78, 5) is 36.0. The van der Waals surface area contributed by atoms with Crippen molar-refractivity contribution >= 4 is 32.7 Å². The van der Waals surface area contributed by atoms with Crippen LogP contribution in [0.5, 0.6) is 0 Å². The van der Waals surface area contributed by atoms with Crippen molar-refractivity contribution in [2.45, 2.75) is 38.3 Å². The van der Waals surface area contributed by atoms with Crippen molar-refractivity contribution in [1.29, 1.82) is 0 Å². The van der Waals surface area contributed by atoms with Crippen LogP contribution in [-0.4, -0.2) is 39.6 Å². The number of carbonyl (C=O) groups excluding carboxylic acids is 1. The van der Waals surface area contributed by atoms with E-state index in [1.807, 2.05) is 0 Å². The van der Waals surface area contributed by atoms with Crippen LogP contribution in [0, 0.1) is 17.6 Å². The minimum atomic E-state index is -0.950. The van der Waals surface area contributed by atoms with Crippen LogP contribution in [-0.2, 0) is 11.3 Å². The van der Waals surface area contributed by atoms with Gasteiger partial charge in [0.15, 0.2) is 22.4 Å². The van der Waals surface area contributed by atoms with Crippen molar-refractivity contribution in [1.82, 2.24) is 19.9 Å². The number of piperidine rings is 1. The molecule has 2 aromatic heterocycles. The molecule has 3 aromatic rings. The van der Waals surface area contributed by atoms with Crippen LogP contribution in [0.4, 0.5) is 13.9 Å². The van der Waals surface area contributed by atoms with Crippen molar-refractivity contribution in [3.63, 3.8) is 0 Å². The third kappa shape index (κ3) is 4.16. The van der Waals surface area contributed by atoms with E-state index in [9.17, 15) is 18.4 Å². The molecule has 1 aliphatic heterocycles. The van der Waals surface area contributed by atoms with E-state index in [-0.39, 0.29) is 23.9 Å². The summed E-state index contributed by atoms with van der Waals surface area (Å²) in [7, 11) is 0. The van der Waals surface area contributed by atoms with Crippen LogP contribution >= 0.6 is 11.3 Å². The number of halogens is 2. The first kappa shape index (κ1) is 20.0. The number of rotatable bonds is 5. The van der Waals surface area contributed by atoms with E-state index in [2.05, 4.69) is 20.2 Å². The van der Waals surface area contributed by atoms with Crippen molar-refractivity contribution in [3.05, 3.63) is 52.1 Å². The van der Waals surface area contributed by atoms with Gasteiger partial charge in [-0.05, 0) is 43.4 Å². The molecule has 0 radical (unpaired) electrons. The molecule has 0 unspecified atom stereocenters. The van der Waals surface area contributed by atoms with Crippen LogP contribution in [0.3, 0.4) is 0 Å². The second kappa shape index (κ2) is 7.99. The van der Waals surface area contributed by atoms with Gasteiger partial charge in [-0.2, -0.15) is 4.98 Å². The summed E-state index contributed by atoms with van der Waals surface area (Å²) in [6, 6.07) is 3.93. The number of fused-ring (bicyclic) bond motifs is 1. The first-order chi connectivity index (χ1) is 15.0. The molecule has 1 aliphatic carbocycles. The minimum absolute atomic E-state index is 0.0256. The highest BCUT2D eigenvalue weighted by atomic mass is 32.1. The second-order valence-electron chi connectivity index (χ2n) is 8.12. The smallest absolute Gasteiger partial charge is 0.273 e. The van der Waals surface area contributed by atoms with Gasteiger partial charge in [0, 0.05) is 25.0 Å². The van der Waals surface area contributed by atoms with Crippen LogP contribution in [0.1, 0.15) is 31.2 Å². The van der Waals surface area contributed by atoms with E-state index >= 15 is 0 Å². The third-order valence-corrected chi connectivity index (χ3v) is 6.86. The van der Waals surface area contributed by atoms with E-state index < -0.39 is 11.6 Å². The standard InChI is InChI=1S/C21H21F2N5O2S/c22-15-4-1-12(9-16(15)23)10-28-11-24-18-17(20(28)30)31-21(26-18)27-7-5-13(6-8-27)19(29)25-14-2-3-14/h1,4,9,11,13-14H,2-3,5-8,10H2,(H,25,29). The molecule has 2 aliphatic rings. The zero-order valence-corrected chi connectivity index (χ0v) is 17.5.